The molecule has 0 spiro atoms. The Morgan fingerprint density at radius 2 is 1.67 bits per heavy atom. The molecule has 3 heteroatoms. The maximum absolute atomic E-state index is 5.72. The van der Waals surface area contributed by atoms with Crippen molar-refractivity contribution in [2.75, 3.05) is 20.3 Å². The van der Waals surface area contributed by atoms with Crippen LogP contribution in [0.2, 0.25) is 0 Å². The predicted octanol–water partition coefficient (Wildman–Crippen LogP) is 4.57. The van der Waals surface area contributed by atoms with Gasteiger partial charge in [0.2, 0.25) is 0 Å². The Kier molecular flexibility index (Phi) is 7.03. The van der Waals surface area contributed by atoms with E-state index in [2.05, 4.69) is 38.2 Å². The molecule has 1 N–H and O–H groups in total. The number of hydrogen-bond acceptors (Lipinski definition) is 3. The first kappa shape index (κ1) is 17.8. The van der Waals surface area contributed by atoms with E-state index in [-0.39, 0.29) is 0 Å². The zero-order valence-electron chi connectivity index (χ0n) is 14.5. The molecule has 1 atom stereocenters. The second kappa shape index (κ2) is 8.28. The van der Waals surface area contributed by atoms with Crippen LogP contribution in [0.1, 0.15) is 59.1 Å². The van der Waals surface area contributed by atoms with Crippen molar-refractivity contribution in [2.45, 2.75) is 53.5 Å². The fourth-order valence-electron chi connectivity index (χ4n) is 2.34. The average molecular weight is 293 g/mol. The highest BCUT2D eigenvalue weighted by Crippen LogP contribution is 2.33. The highest BCUT2D eigenvalue weighted by Gasteiger charge is 2.17. The van der Waals surface area contributed by atoms with E-state index in [1.807, 2.05) is 27.0 Å². The van der Waals surface area contributed by atoms with Gasteiger partial charge in [-0.05, 0) is 56.8 Å². The Balaban J connectivity index is 2.91. The molecule has 0 aliphatic heterocycles. The Labute approximate surface area is 130 Å². The molecule has 0 aromatic heterocycles. The van der Waals surface area contributed by atoms with Gasteiger partial charge in [0.15, 0.2) is 11.5 Å². The van der Waals surface area contributed by atoms with Gasteiger partial charge in [-0.2, -0.15) is 0 Å². The molecule has 1 aromatic carbocycles. The molecule has 0 heterocycles. The van der Waals surface area contributed by atoms with Crippen LogP contribution in [0.5, 0.6) is 11.5 Å². The lowest BCUT2D eigenvalue weighted by molar-refractivity contribution is 0.286. The summed E-state index contributed by atoms with van der Waals surface area (Å²) in [5.41, 5.74) is 1.61. The first-order valence-electron chi connectivity index (χ1n) is 7.98. The minimum Gasteiger partial charge on any atom is -0.490 e. The van der Waals surface area contributed by atoms with Gasteiger partial charge in [-0.1, -0.05) is 26.8 Å². The van der Waals surface area contributed by atoms with E-state index in [9.17, 15) is 0 Å². The fourth-order valence-corrected chi connectivity index (χ4v) is 2.34. The maximum atomic E-state index is 5.72. The predicted molar refractivity (Wildman–Crippen MR) is 89.3 cm³/mol. The standard InChI is InChI=1S/C18H31NO2/c1-7-20-16-10-9-14(13-17(16)21-8-2)15(19-6)11-12-18(3,4)5/h9-10,13,15,19H,7-8,11-12H2,1-6H3. The van der Waals surface area contributed by atoms with Crippen molar-refractivity contribution in [3.63, 3.8) is 0 Å². The topological polar surface area (TPSA) is 30.5 Å². The molecule has 0 radical (unpaired) electrons. The third-order valence-electron chi connectivity index (χ3n) is 3.50. The van der Waals surface area contributed by atoms with Crippen LogP contribution >= 0.6 is 0 Å². The number of rotatable bonds is 8. The highest BCUT2D eigenvalue weighted by molar-refractivity contribution is 5.44. The molecule has 0 bridgehead atoms. The largest absolute Gasteiger partial charge is 0.490 e. The lowest BCUT2D eigenvalue weighted by atomic mass is 9.87. The van der Waals surface area contributed by atoms with Crippen LogP contribution in [0.25, 0.3) is 0 Å². The van der Waals surface area contributed by atoms with Gasteiger partial charge in [0.05, 0.1) is 13.2 Å². The van der Waals surface area contributed by atoms with Crippen molar-refractivity contribution in [3.8, 4) is 11.5 Å². The third-order valence-corrected chi connectivity index (χ3v) is 3.50. The van der Waals surface area contributed by atoms with E-state index in [0.29, 0.717) is 24.7 Å². The summed E-state index contributed by atoms with van der Waals surface area (Å²) in [5, 5.41) is 3.42. The number of benzene rings is 1. The second-order valence-electron chi connectivity index (χ2n) is 6.51. The van der Waals surface area contributed by atoms with Crippen molar-refractivity contribution in [2.24, 2.45) is 5.41 Å². The van der Waals surface area contributed by atoms with Crippen molar-refractivity contribution < 1.29 is 9.47 Å². The Hall–Kier alpha value is -1.22. The van der Waals surface area contributed by atoms with Crippen LogP contribution in [0.15, 0.2) is 18.2 Å². The van der Waals surface area contributed by atoms with Gasteiger partial charge in [0.1, 0.15) is 0 Å². The molecule has 0 saturated carbocycles. The summed E-state index contributed by atoms with van der Waals surface area (Å²) in [6, 6.07) is 6.61. The maximum Gasteiger partial charge on any atom is 0.161 e. The zero-order chi connectivity index (χ0) is 15.9. The molecule has 1 aromatic rings. The van der Waals surface area contributed by atoms with Gasteiger partial charge in [0.25, 0.3) is 0 Å². The average Bonchev–Trinajstić information content (AvgIpc) is 2.41. The van der Waals surface area contributed by atoms with Crippen LogP contribution in [0.4, 0.5) is 0 Å². The minimum atomic E-state index is 0.346. The Bertz CT molecular complexity index is 424. The summed E-state index contributed by atoms with van der Waals surface area (Å²) in [7, 11) is 2.02. The van der Waals surface area contributed by atoms with Gasteiger partial charge >= 0.3 is 0 Å². The van der Waals surface area contributed by atoms with E-state index < -0.39 is 0 Å². The van der Waals surface area contributed by atoms with Crippen molar-refractivity contribution in [3.05, 3.63) is 23.8 Å². The molecule has 120 valence electrons. The monoisotopic (exact) mass is 293 g/mol. The number of ether oxygens (including phenoxy) is 2. The van der Waals surface area contributed by atoms with E-state index >= 15 is 0 Å². The van der Waals surface area contributed by atoms with Gasteiger partial charge in [-0.3, -0.25) is 0 Å². The SMILES string of the molecule is CCOc1ccc(C(CCC(C)(C)C)NC)cc1OCC. The van der Waals surface area contributed by atoms with Gasteiger partial charge < -0.3 is 14.8 Å². The molecule has 21 heavy (non-hydrogen) atoms. The van der Waals surface area contributed by atoms with Crippen molar-refractivity contribution in [1.29, 1.82) is 0 Å². The lowest BCUT2D eigenvalue weighted by Crippen LogP contribution is -2.19. The first-order valence-corrected chi connectivity index (χ1v) is 7.98. The van der Waals surface area contributed by atoms with Crippen LogP contribution in [-0.4, -0.2) is 20.3 Å². The third kappa shape index (κ3) is 5.96. The van der Waals surface area contributed by atoms with Crippen molar-refractivity contribution in [1.82, 2.24) is 5.32 Å². The smallest absolute Gasteiger partial charge is 0.161 e. The van der Waals surface area contributed by atoms with Crippen LogP contribution < -0.4 is 14.8 Å². The summed E-state index contributed by atoms with van der Waals surface area (Å²) in [6.45, 7) is 12.1. The number of nitrogens with one attached hydrogen (secondary N) is 1. The van der Waals surface area contributed by atoms with Gasteiger partial charge in [-0.15, -0.1) is 0 Å². The summed E-state index contributed by atoms with van der Waals surface area (Å²) in [4.78, 5) is 0. The second-order valence-corrected chi connectivity index (χ2v) is 6.51. The van der Waals surface area contributed by atoms with Crippen LogP contribution in [-0.2, 0) is 0 Å². The molecule has 0 amide bonds. The molecular formula is C18H31NO2. The van der Waals surface area contributed by atoms with Gasteiger partial charge in [0, 0.05) is 6.04 Å². The van der Waals surface area contributed by atoms with Gasteiger partial charge in [-0.25, -0.2) is 0 Å². The first-order chi connectivity index (χ1) is 9.91. The Morgan fingerprint density at radius 1 is 1.05 bits per heavy atom. The normalized spacial score (nSPS) is 13.0. The summed E-state index contributed by atoms with van der Waals surface area (Å²) < 4.78 is 11.3. The molecular weight excluding hydrogens is 262 g/mol. The van der Waals surface area contributed by atoms with E-state index in [0.717, 1.165) is 17.9 Å². The quantitative estimate of drug-likeness (QED) is 0.761. The summed E-state index contributed by atoms with van der Waals surface area (Å²) in [6.07, 6.45) is 2.29. The molecule has 1 unspecified atom stereocenters. The highest BCUT2D eigenvalue weighted by atomic mass is 16.5. The fraction of sp³-hybridized carbons (Fsp3) is 0.667. The molecule has 0 aliphatic carbocycles. The van der Waals surface area contributed by atoms with Crippen LogP contribution in [0, 0.1) is 5.41 Å². The molecule has 0 fully saturated rings. The van der Waals surface area contributed by atoms with E-state index in [1.165, 1.54) is 12.0 Å². The van der Waals surface area contributed by atoms with E-state index in [4.69, 9.17) is 9.47 Å². The number of hydrogen-bond donors (Lipinski definition) is 1. The molecule has 0 saturated heterocycles. The molecule has 1 rings (SSSR count). The molecule has 3 nitrogen and oxygen atoms in total. The minimum absolute atomic E-state index is 0.346. The van der Waals surface area contributed by atoms with Crippen LogP contribution in [0.3, 0.4) is 0 Å². The zero-order valence-corrected chi connectivity index (χ0v) is 14.5. The summed E-state index contributed by atoms with van der Waals surface area (Å²) >= 11 is 0. The Morgan fingerprint density at radius 3 is 2.19 bits per heavy atom. The summed E-state index contributed by atoms with van der Waals surface area (Å²) in [5.74, 6) is 1.67. The molecule has 0 aliphatic rings. The van der Waals surface area contributed by atoms with Crippen molar-refractivity contribution >= 4 is 0 Å². The van der Waals surface area contributed by atoms with E-state index in [1.54, 1.807) is 0 Å². The lowest BCUT2D eigenvalue weighted by Gasteiger charge is -2.24.